The number of fused-ring (bicyclic) bond motifs is 1. The van der Waals surface area contributed by atoms with Crippen LogP contribution in [0.3, 0.4) is 0 Å². The largest absolute Gasteiger partial charge is 0.456 e. The van der Waals surface area contributed by atoms with Crippen LogP contribution in [0, 0.1) is 32.1 Å². The molecule has 6 atom stereocenters. The molecule has 0 aliphatic carbocycles. The zero-order valence-corrected chi connectivity index (χ0v) is 29.0. The number of carbonyl (C=O) groups excluding carboxylic acids is 4. The minimum atomic E-state index is -1.51. The molecule has 2 aromatic carbocycles. The van der Waals surface area contributed by atoms with Gasteiger partial charge in [0.1, 0.15) is 24.4 Å². The van der Waals surface area contributed by atoms with Gasteiger partial charge in [0.25, 0.3) is 11.4 Å². The number of ether oxygens (including phenoxy) is 3. The van der Waals surface area contributed by atoms with Crippen LogP contribution in [0.5, 0.6) is 0 Å². The van der Waals surface area contributed by atoms with E-state index in [1.807, 2.05) is 6.92 Å². The van der Waals surface area contributed by atoms with E-state index in [9.17, 15) is 44.5 Å². The van der Waals surface area contributed by atoms with E-state index in [1.165, 1.54) is 91.2 Å². The van der Waals surface area contributed by atoms with E-state index < -0.39 is 68.5 Å². The summed E-state index contributed by atoms with van der Waals surface area (Å²) in [6.45, 7) is 2.67. The fourth-order valence-electron chi connectivity index (χ4n) is 6.86. The van der Waals surface area contributed by atoms with Gasteiger partial charge in [0.2, 0.25) is 11.8 Å². The Kier molecular flexibility index (Phi) is 11.0. The van der Waals surface area contributed by atoms with Crippen LogP contribution in [0.15, 0.2) is 59.1 Å². The smallest absolute Gasteiger partial charge is 0.411 e. The number of hydrogen-bond acceptors (Lipinski definition) is 13. The molecule has 2 aromatic rings. The molecule has 0 unspecified atom stereocenters. The number of methoxy groups -OCH3 is 1. The predicted octanol–water partition coefficient (Wildman–Crippen LogP) is 2.89. The Morgan fingerprint density at radius 2 is 1.57 bits per heavy atom. The zero-order valence-electron chi connectivity index (χ0n) is 28.2. The molecule has 0 aromatic heterocycles. The van der Waals surface area contributed by atoms with Crippen LogP contribution in [-0.2, 0) is 41.8 Å². The lowest BCUT2D eigenvalue weighted by molar-refractivity contribution is -0.385. The number of likely N-dealkylation sites (N-methyl/N-ethyl adjacent to an activating group) is 1. The van der Waals surface area contributed by atoms with Gasteiger partial charge in [-0.1, -0.05) is 6.92 Å². The molecule has 17 nitrogen and oxygen atoms in total. The van der Waals surface area contributed by atoms with Gasteiger partial charge in [-0.2, -0.15) is 0 Å². The number of likely N-dealkylation sites (tertiary alicyclic amines) is 1. The Bertz CT molecular complexity index is 1750. The zero-order chi connectivity index (χ0) is 37.2. The first kappa shape index (κ1) is 37.2. The molecular weight excluding hydrogens is 690 g/mol. The van der Waals surface area contributed by atoms with Gasteiger partial charge in [0.15, 0.2) is 0 Å². The van der Waals surface area contributed by atoms with E-state index in [-0.39, 0.29) is 49.9 Å². The second kappa shape index (κ2) is 15.0. The van der Waals surface area contributed by atoms with Crippen LogP contribution in [0.2, 0.25) is 0 Å². The summed E-state index contributed by atoms with van der Waals surface area (Å²) < 4.78 is 16.6. The van der Waals surface area contributed by atoms with Crippen LogP contribution in [0.25, 0.3) is 0 Å². The van der Waals surface area contributed by atoms with Gasteiger partial charge < -0.3 is 29.5 Å². The summed E-state index contributed by atoms with van der Waals surface area (Å²) in [5.41, 5.74) is -0.797. The number of nitro groups is 2. The number of aliphatic hydroxyl groups is 1. The summed E-state index contributed by atoms with van der Waals surface area (Å²) in [6.07, 6.45) is -1.74. The number of β-lactam (4-membered cyclic amide) rings is 1. The Morgan fingerprint density at radius 1 is 1.02 bits per heavy atom. The Balaban J connectivity index is 1.41. The van der Waals surface area contributed by atoms with Crippen molar-refractivity contribution in [3.05, 3.63) is 90.5 Å². The fraction of sp³-hybridized carbons (Fsp3) is 0.455. The number of benzene rings is 2. The molecule has 3 aliphatic heterocycles. The first-order chi connectivity index (χ1) is 24.2. The van der Waals surface area contributed by atoms with Crippen molar-refractivity contribution in [2.45, 2.75) is 56.4 Å². The third-order valence-corrected chi connectivity index (χ3v) is 10.8. The van der Waals surface area contributed by atoms with E-state index >= 15 is 0 Å². The maximum Gasteiger partial charge on any atom is 0.411 e. The van der Waals surface area contributed by atoms with Crippen molar-refractivity contribution >= 4 is 47.0 Å². The maximum atomic E-state index is 13.7. The van der Waals surface area contributed by atoms with Crippen molar-refractivity contribution in [3.63, 3.8) is 0 Å². The first-order valence-corrected chi connectivity index (χ1v) is 16.8. The van der Waals surface area contributed by atoms with Crippen molar-refractivity contribution < 1.29 is 48.3 Å². The van der Waals surface area contributed by atoms with Crippen molar-refractivity contribution in [2.24, 2.45) is 11.8 Å². The number of aliphatic hydroxyl groups excluding tert-OH is 1. The Morgan fingerprint density at radius 3 is 2.06 bits per heavy atom. The molecule has 2 fully saturated rings. The number of nitro benzene ring substituents is 2. The van der Waals surface area contributed by atoms with Crippen LogP contribution in [-0.4, -0.2) is 98.9 Å². The third-order valence-electron chi connectivity index (χ3n) is 9.34. The van der Waals surface area contributed by atoms with E-state index in [0.717, 1.165) is 0 Å². The molecule has 5 rings (SSSR count). The molecular formula is C33H37N5O12S. The van der Waals surface area contributed by atoms with E-state index in [0.29, 0.717) is 16.0 Å². The number of esters is 1. The SMILES string of the molecule is CNC(=O)[C@@]1(COC)C[C@H](SC2=C(C(=O)OCc3ccc([N+](=O)[O-])cc3)N3C(=O)[C@H]([C@@H](C)O)[C@H]3[C@H]2C)CN1C(=O)OCc1ccc([N+](=O)[O-])cc1. The highest BCUT2D eigenvalue weighted by molar-refractivity contribution is 8.03. The number of carbonyl (C=O) groups is 4. The Labute approximate surface area is 296 Å². The average Bonchev–Trinajstić information content (AvgIpc) is 3.59. The van der Waals surface area contributed by atoms with Crippen molar-refractivity contribution in [1.29, 1.82) is 0 Å². The van der Waals surface area contributed by atoms with Crippen LogP contribution in [0.4, 0.5) is 16.2 Å². The predicted molar refractivity (Wildman–Crippen MR) is 180 cm³/mol. The second-order valence-electron chi connectivity index (χ2n) is 12.5. The summed E-state index contributed by atoms with van der Waals surface area (Å²) in [4.78, 5) is 78.1. The summed E-state index contributed by atoms with van der Waals surface area (Å²) in [5, 5.41) is 34.6. The van der Waals surface area contributed by atoms with E-state index in [1.54, 1.807) is 0 Å². The van der Waals surface area contributed by atoms with Gasteiger partial charge in [-0.3, -0.25) is 34.7 Å². The van der Waals surface area contributed by atoms with Crippen LogP contribution < -0.4 is 5.32 Å². The highest BCUT2D eigenvalue weighted by Crippen LogP contribution is 2.53. The van der Waals surface area contributed by atoms with Gasteiger partial charge in [-0.05, 0) is 48.7 Å². The lowest BCUT2D eigenvalue weighted by Crippen LogP contribution is -2.63. The standard InChI is InChI=1S/C33H37N5O12S/c1-18-26-25(19(2)39)29(40)36(26)27(30(41)49-15-20-5-9-22(10-6-20)37(44)45)28(18)51-24-13-33(17-48-4,31(42)34-3)35(14-24)32(43)50-16-21-7-11-23(12-8-21)38(46)47/h5-12,18-19,24-26,39H,13-17H2,1-4H3,(H,34,42)/t18-,19-,24+,25-,26-,33+/m1/s1. The molecule has 0 bridgehead atoms. The molecule has 3 amide bonds. The highest BCUT2D eigenvalue weighted by atomic mass is 32.2. The maximum absolute atomic E-state index is 13.7. The van der Waals surface area contributed by atoms with Gasteiger partial charge >= 0.3 is 12.1 Å². The average molecular weight is 728 g/mol. The molecule has 18 heteroatoms. The number of rotatable bonds is 13. The molecule has 3 aliphatic rings. The fourth-order valence-corrected chi connectivity index (χ4v) is 8.45. The molecule has 3 heterocycles. The number of nitrogens with zero attached hydrogens (tertiary/aromatic N) is 4. The van der Waals surface area contributed by atoms with Crippen molar-refractivity contribution in [1.82, 2.24) is 15.1 Å². The highest BCUT2D eigenvalue weighted by Gasteiger charge is 2.61. The van der Waals surface area contributed by atoms with Crippen LogP contribution in [0.1, 0.15) is 31.4 Å². The summed E-state index contributed by atoms with van der Waals surface area (Å²) >= 11 is 1.22. The van der Waals surface area contributed by atoms with Gasteiger partial charge in [-0.25, -0.2) is 9.59 Å². The van der Waals surface area contributed by atoms with E-state index in [2.05, 4.69) is 5.32 Å². The van der Waals surface area contributed by atoms with Crippen molar-refractivity contribution in [2.75, 3.05) is 27.3 Å². The summed E-state index contributed by atoms with van der Waals surface area (Å²) in [6, 6.07) is 10.4. The van der Waals surface area contributed by atoms with Crippen molar-refractivity contribution in [3.8, 4) is 0 Å². The molecule has 272 valence electrons. The summed E-state index contributed by atoms with van der Waals surface area (Å²) in [5.74, 6) is -2.95. The second-order valence-corrected chi connectivity index (χ2v) is 13.9. The molecule has 0 saturated carbocycles. The monoisotopic (exact) mass is 727 g/mol. The topological polar surface area (TPSA) is 221 Å². The minimum Gasteiger partial charge on any atom is -0.456 e. The number of thioether (sulfide) groups is 1. The van der Waals surface area contributed by atoms with Crippen LogP contribution >= 0.6 is 11.8 Å². The quantitative estimate of drug-likeness (QED) is 0.131. The molecule has 0 radical (unpaired) electrons. The van der Waals surface area contributed by atoms with Gasteiger partial charge in [0, 0.05) is 61.0 Å². The lowest BCUT2D eigenvalue weighted by atomic mass is 9.79. The molecule has 2 saturated heterocycles. The molecule has 51 heavy (non-hydrogen) atoms. The Hall–Kier alpha value is -5.07. The van der Waals surface area contributed by atoms with E-state index in [4.69, 9.17) is 14.2 Å². The number of non-ortho nitro benzene ring substituents is 2. The third kappa shape index (κ3) is 7.11. The first-order valence-electron chi connectivity index (χ1n) is 15.9. The molecule has 2 N–H and O–H groups in total. The minimum absolute atomic E-state index is 0.00204. The van der Waals surface area contributed by atoms with Gasteiger partial charge in [0.05, 0.1) is 34.5 Å². The number of hydrogen-bond donors (Lipinski definition) is 2. The van der Waals surface area contributed by atoms with Gasteiger partial charge in [-0.15, -0.1) is 11.8 Å². The summed E-state index contributed by atoms with van der Waals surface area (Å²) in [7, 11) is 2.81. The normalized spacial score (nSPS) is 24.5. The molecule has 0 spiro atoms. The number of nitrogens with one attached hydrogen (secondary N) is 1. The lowest BCUT2D eigenvalue weighted by Gasteiger charge is -2.46. The number of amides is 3.